The van der Waals surface area contributed by atoms with Gasteiger partial charge in [0.15, 0.2) is 17.3 Å². The zero-order valence-electron chi connectivity index (χ0n) is 16.3. The number of unbranched alkanes of at least 4 members (excludes halogenated alkanes) is 1. The predicted octanol–water partition coefficient (Wildman–Crippen LogP) is 5.82. The van der Waals surface area contributed by atoms with Gasteiger partial charge in [-0.15, -0.1) is 0 Å². The molecule has 26 heavy (non-hydrogen) atoms. The van der Waals surface area contributed by atoms with Gasteiger partial charge < -0.3 is 9.47 Å². The smallest absolute Gasteiger partial charge is 0.162 e. The van der Waals surface area contributed by atoms with Gasteiger partial charge in [0.25, 0.3) is 0 Å². The van der Waals surface area contributed by atoms with Gasteiger partial charge in [0, 0.05) is 5.92 Å². The van der Waals surface area contributed by atoms with Crippen LogP contribution >= 0.6 is 0 Å². The standard InChI is InChI=1S/C23H32O3/c1-3-5-14-26-21-13-10-17(16-22(21)25-4-2)15-19-11-12-20(23(19)24)18-8-6-7-9-18/h10,13,15-16,18,20H,3-9,11-12,14H2,1-2H3. The highest BCUT2D eigenvalue weighted by molar-refractivity contribution is 6.03. The molecule has 2 saturated carbocycles. The Morgan fingerprint density at radius 1 is 1.08 bits per heavy atom. The van der Waals surface area contributed by atoms with Crippen LogP contribution in [0, 0.1) is 11.8 Å². The van der Waals surface area contributed by atoms with Crippen molar-refractivity contribution in [2.24, 2.45) is 11.8 Å². The molecule has 2 aliphatic carbocycles. The van der Waals surface area contributed by atoms with E-state index >= 15 is 0 Å². The summed E-state index contributed by atoms with van der Waals surface area (Å²) in [6.07, 6.45) is 11.2. The van der Waals surface area contributed by atoms with E-state index in [1.807, 2.05) is 25.1 Å². The van der Waals surface area contributed by atoms with Crippen LogP contribution in [-0.2, 0) is 4.79 Å². The number of Topliss-reactive ketones (excluding diaryl/α,β-unsaturated/α-hetero) is 1. The van der Waals surface area contributed by atoms with Crippen molar-refractivity contribution in [3.05, 3.63) is 29.3 Å². The Balaban J connectivity index is 1.73. The lowest BCUT2D eigenvalue weighted by atomic mass is 9.88. The molecule has 0 aromatic heterocycles. The summed E-state index contributed by atoms with van der Waals surface area (Å²) in [7, 11) is 0. The van der Waals surface area contributed by atoms with Crippen molar-refractivity contribution < 1.29 is 14.3 Å². The molecule has 0 bridgehead atoms. The van der Waals surface area contributed by atoms with Gasteiger partial charge in [-0.3, -0.25) is 4.79 Å². The molecule has 0 N–H and O–H groups in total. The first-order valence-corrected chi connectivity index (χ1v) is 10.4. The summed E-state index contributed by atoms with van der Waals surface area (Å²) >= 11 is 0. The Hall–Kier alpha value is -1.77. The van der Waals surface area contributed by atoms with Crippen molar-refractivity contribution in [2.75, 3.05) is 13.2 Å². The molecular weight excluding hydrogens is 324 g/mol. The fourth-order valence-electron chi connectivity index (χ4n) is 4.29. The number of hydrogen-bond donors (Lipinski definition) is 0. The van der Waals surface area contributed by atoms with E-state index in [0.29, 0.717) is 24.9 Å². The van der Waals surface area contributed by atoms with Crippen LogP contribution < -0.4 is 9.47 Å². The lowest BCUT2D eigenvalue weighted by Gasteiger charge is -2.15. The number of rotatable bonds is 8. The van der Waals surface area contributed by atoms with Crippen LogP contribution in [0.3, 0.4) is 0 Å². The summed E-state index contributed by atoms with van der Waals surface area (Å²) in [6, 6.07) is 6.02. The van der Waals surface area contributed by atoms with E-state index in [0.717, 1.165) is 48.3 Å². The molecule has 0 heterocycles. The van der Waals surface area contributed by atoms with E-state index in [4.69, 9.17) is 9.47 Å². The fourth-order valence-corrected chi connectivity index (χ4v) is 4.29. The van der Waals surface area contributed by atoms with Crippen LogP contribution in [0.4, 0.5) is 0 Å². The lowest BCUT2D eigenvalue weighted by molar-refractivity contribution is -0.119. The summed E-state index contributed by atoms with van der Waals surface area (Å²) in [4.78, 5) is 12.8. The first-order valence-electron chi connectivity index (χ1n) is 10.4. The highest BCUT2D eigenvalue weighted by Gasteiger charge is 2.36. The molecule has 142 valence electrons. The van der Waals surface area contributed by atoms with Gasteiger partial charge in [0.1, 0.15) is 0 Å². The average Bonchev–Trinajstić information content (AvgIpc) is 3.28. The van der Waals surface area contributed by atoms with Crippen molar-refractivity contribution in [2.45, 2.75) is 65.2 Å². The van der Waals surface area contributed by atoms with Crippen molar-refractivity contribution in [1.29, 1.82) is 0 Å². The minimum absolute atomic E-state index is 0.270. The molecule has 3 heteroatoms. The van der Waals surface area contributed by atoms with Crippen LogP contribution in [0.2, 0.25) is 0 Å². The summed E-state index contributed by atoms with van der Waals surface area (Å²) in [5.74, 6) is 2.85. The number of carbonyl (C=O) groups is 1. The Morgan fingerprint density at radius 3 is 2.62 bits per heavy atom. The molecule has 2 aliphatic rings. The van der Waals surface area contributed by atoms with E-state index in [-0.39, 0.29) is 5.92 Å². The van der Waals surface area contributed by atoms with E-state index in [1.165, 1.54) is 25.7 Å². The Labute approximate surface area is 157 Å². The fraction of sp³-hybridized carbons (Fsp3) is 0.609. The normalized spacial score (nSPS) is 22.3. The number of ether oxygens (including phenoxy) is 2. The van der Waals surface area contributed by atoms with Crippen LogP contribution in [0.25, 0.3) is 6.08 Å². The highest BCUT2D eigenvalue weighted by atomic mass is 16.5. The van der Waals surface area contributed by atoms with Crippen LogP contribution in [0.5, 0.6) is 11.5 Å². The maximum Gasteiger partial charge on any atom is 0.162 e. The van der Waals surface area contributed by atoms with Crippen molar-refractivity contribution >= 4 is 11.9 Å². The van der Waals surface area contributed by atoms with E-state index in [2.05, 4.69) is 13.0 Å². The zero-order chi connectivity index (χ0) is 18.4. The quantitative estimate of drug-likeness (QED) is 0.435. The Kier molecular flexibility index (Phi) is 6.76. The third-order valence-corrected chi connectivity index (χ3v) is 5.71. The summed E-state index contributed by atoms with van der Waals surface area (Å²) in [6.45, 7) is 5.44. The molecule has 0 saturated heterocycles. The second-order valence-electron chi connectivity index (χ2n) is 7.56. The second-order valence-corrected chi connectivity index (χ2v) is 7.56. The molecule has 3 nitrogen and oxygen atoms in total. The van der Waals surface area contributed by atoms with E-state index < -0.39 is 0 Å². The zero-order valence-corrected chi connectivity index (χ0v) is 16.3. The number of allylic oxidation sites excluding steroid dienone is 1. The Morgan fingerprint density at radius 2 is 1.88 bits per heavy atom. The molecule has 0 radical (unpaired) electrons. The van der Waals surface area contributed by atoms with Crippen molar-refractivity contribution in [3.8, 4) is 11.5 Å². The summed E-state index contributed by atoms with van der Waals surface area (Å²) < 4.78 is 11.6. The summed E-state index contributed by atoms with van der Waals surface area (Å²) in [5.41, 5.74) is 2.02. The number of hydrogen-bond acceptors (Lipinski definition) is 3. The maximum absolute atomic E-state index is 12.8. The van der Waals surface area contributed by atoms with Crippen LogP contribution in [0.1, 0.15) is 70.8 Å². The topological polar surface area (TPSA) is 35.5 Å². The molecule has 0 amide bonds. The van der Waals surface area contributed by atoms with Crippen LogP contribution in [-0.4, -0.2) is 19.0 Å². The monoisotopic (exact) mass is 356 g/mol. The molecule has 0 aliphatic heterocycles. The molecule has 0 spiro atoms. The lowest BCUT2D eigenvalue weighted by Crippen LogP contribution is -2.16. The number of carbonyl (C=O) groups excluding carboxylic acids is 1. The minimum Gasteiger partial charge on any atom is -0.490 e. The van der Waals surface area contributed by atoms with E-state index in [9.17, 15) is 4.79 Å². The van der Waals surface area contributed by atoms with Gasteiger partial charge in [-0.05, 0) is 74.3 Å². The van der Waals surface area contributed by atoms with Gasteiger partial charge in [-0.1, -0.05) is 32.3 Å². The predicted molar refractivity (Wildman–Crippen MR) is 106 cm³/mol. The maximum atomic E-state index is 12.8. The van der Waals surface area contributed by atoms with E-state index in [1.54, 1.807) is 0 Å². The second kappa shape index (κ2) is 9.25. The van der Waals surface area contributed by atoms with Crippen LogP contribution in [0.15, 0.2) is 23.8 Å². The number of ketones is 1. The van der Waals surface area contributed by atoms with Crippen molar-refractivity contribution in [1.82, 2.24) is 0 Å². The molecule has 1 aromatic carbocycles. The van der Waals surface area contributed by atoms with Crippen molar-refractivity contribution in [3.63, 3.8) is 0 Å². The van der Waals surface area contributed by atoms with Gasteiger partial charge in [-0.25, -0.2) is 0 Å². The largest absolute Gasteiger partial charge is 0.490 e. The average molecular weight is 357 g/mol. The molecule has 1 atom stereocenters. The third-order valence-electron chi connectivity index (χ3n) is 5.71. The molecule has 3 rings (SSSR count). The molecule has 2 fully saturated rings. The first kappa shape index (κ1) is 19.0. The van der Waals surface area contributed by atoms with Gasteiger partial charge >= 0.3 is 0 Å². The molecule has 1 aromatic rings. The van der Waals surface area contributed by atoms with Gasteiger partial charge in [-0.2, -0.15) is 0 Å². The van der Waals surface area contributed by atoms with Gasteiger partial charge in [0.05, 0.1) is 13.2 Å². The first-order chi connectivity index (χ1) is 12.7. The number of benzene rings is 1. The molecular formula is C23H32O3. The highest BCUT2D eigenvalue weighted by Crippen LogP contribution is 2.41. The minimum atomic E-state index is 0.270. The third kappa shape index (κ3) is 4.49. The Bertz CT molecular complexity index is 641. The summed E-state index contributed by atoms with van der Waals surface area (Å²) in [5, 5.41) is 0. The SMILES string of the molecule is CCCCOc1ccc(C=C2CCC(C3CCCC3)C2=O)cc1OCC. The van der Waals surface area contributed by atoms with Gasteiger partial charge in [0.2, 0.25) is 0 Å². The molecule has 1 unspecified atom stereocenters.